The maximum atomic E-state index is 12.4. The fourth-order valence-electron chi connectivity index (χ4n) is 1.94. The van der Waals surface area contributed by atoms with Gasteiger partial charge in [-0.05, 0) is 36.6 Å². The van der Waals surface area contributed by atoms with E-state index in [2.05, 4.69) is 6.07 Å². The van der Waals surface area contributed by atoms with Gasteiger partial charge in [0.1, 0.15) is 0 Å². The van der Waals surface area contributed by atoms with Crippen LogP contribution in [-0.2, 0) is 6.42 Å². The summed E-state index contributed by atoms with van der Waals surface area (Å²) in [6.07, 6.45) is 0.850. The molecular weight excluding hydrogens is 292 g/mol. The van der Waals surface area contributed by atoms with Crippen molar-refractivity contribution in [1.29, 1.82) is 0 Å². The molecule has 1 heterocycles. The average molecular weight is 309 g/mol. The number of hydrogen-bond acceptors (Lipinski definition) is 3. The number of nitrogens with zero attached hydrogens (tertiary/aromatic N) is 1. The highest BCUT2D eigenvalue weighted by Gasteiger charge is 2.18. The number of amides is 1. The summed E-state index contributed by atoms with van der Waals surface area (Å²) in [6, 6.07) is 9.21. The predicted molar refractivity (Wildman–Crippen MR) is 85.4 cm³/mol. The normalized spacial score (nSPS) is 12.2. The third-order valence-corrected chi connectivity index (χ3v) is 4.54. The van der Waals surface area contributed by atoms with E-state index in [1.54, 1.807) is 34.4 Å². The van der Waals surface area contributed by atoms with Gasteiger partial charge in [0.15, 0.2) is 0 Å². The molecule has 1 aromatic heterocycles. The highest BCUT2D eigenvalue weighted by atomic mass is 35.5. The van der Waals surface area contributed by atoms with Gasteiger partial charge < -0.3 is 10.6 Å². The maximum absolute atomic E-state index is 12.4. The summed E-state index contributed by atoms with van der Waals surface area (Å²) in [5.74, 6) is -0.0441. The Morgan fingerprint density at radius 3 is 2.80 bits per heavy atom. The molecular formula is C15H17ClN2OS. The molecule has 5 heteroatoms. The monoisotopic (exact) mass is 308 g/mol. The van der Waals surface area contributed by atoms with E-state index in [1.807, 2.05) is 25.4 Å². The summed E-state index contributed by atoms with van der Waals surface area (Å²) >= 11 is 7.58. The van der Waals surface area contributed by atoms with Gasteiger partial charge in [-0.1, -0.05) is 17.7 Å². The molecule has 0 saturated carbocycles. The molecule has 3 nitrogen and oxygen atoms in total. The molecule has 1 aromatic carbocycles. The number of carbonyl (C=O) groups is 1. The van der Waals surface area contributed by atoms with Crippen LogP contribution in [0.25, 0.3) is 0 Å². The predicted octanol–water partition coefficient (Wildman–Crippen LogP) is 3.69. The Morgan fingerprint density at radius 2 is 2.20 bits per heavy atom. The molecule has 0 saturated heterocycles. The second kappa shape index (κ2) is 6.29. The standard InChI is InChI=1S/C15H17ClN2OS/c1-10(8-12-4-3-7-20-12)18(2)15(19)11-5-6-13(16)14(17)9-11/h3-7,9-10H,8,17H2,1-2H3. The van der Waals surface area contributed by atoms with Crippen molar-refractivity contribution in [3.8, 4) is 0 Å². The van der Waals surface area contributed by atoms with Crippen LogP contribution in [0, 0.1) is 0 Å². The molecule has 106 valence electrons. The zero-order valence-corrected chi connectivity index (χ0v) is 13.0. The number of carbonyl (C=O) groups excluding carboxylic acids is 1. The molecule has 0 aliphatic rings. The first kappa shape index (κ1) is 14.9. The summed E-state index contributed by atoms with van der Waals surface area (Å²) in [7, 11) is 1.81. The number of benzene rings is 1. The SMILES string of the molecule is CC(Cc1cccs1)N(C)C(=O)c1ccc(Cl)c(N)c1. The van der Waals surface area contributed by atoms with Crippen molar-refractivity contribution in [3.63, 3.8) is 0 Å². The van der Waals surface area contributed by atoms with E-state index in [9.17, 15) is 4.79 Å². The molecule has 0 radical (unpaired) electrons. The second-order valence-corrected chi connectivity index (χ2v) is 6.22. The first-order chi connectivity index (χ1) is 9.49. The number of anilines is 1. The van der Waals surface area contributed by atoms with Crippen LogP contribution in [0.2, 0.25) is 5.02 Å². The van der Waals surface area contributed by atoms with E-state index < -0.39 is 0 Å². The summed E-state index contributed by atoms with van der Waals surface area (Å²) < 4.78 is 0. The van der Waals surface area contributed by atoms with Gasteiger partial charge in [0.25, 0.3) is 5.91 Å². The molecule has 0 spiro atoms. The zero-order valence-electron chi connectivity index (χ0n) is 11.5. The third kappa shape index (κ3) is 3.32. The van der Waals surface area contributed by atoms with Gasteiger partial charge in [-0.25, -0.2) is 0 Å². The second-order valence-electron chi connectivity index (χ2n) is 4.78. The van der Waals surface area contributed by atoms with Crippen LogP contribution < -0.4 is 5.73 Å². The first-order valence-corrected chi connectivity index (χ1v) is 7.59. The number of likely N-dealkylation sites (N-methyl/N-ethyl adjacent to an activating group) is 1. The summed E-state index contributed by atoms with van der Waals surface area (Å²) in [4.78, 5) is 15.4. The van der Waals surface area contributed by atoms with Crippen molar-refractivity contribution >= 4 is 34.5 Å². The summed E-state index contributed by atoms with van der Waals surface area (Å²) in [6.45, 7) is 2.04. The minimum Gasteiger partial charge on any atom is -0.398 e. The molecule has 2 aromatic rings. The van der Waals surface area contributed by atoms with Crippen LogP contribution in [0.1, 0.15) is 22.2 Å². The molecule has 20 heavy (non-hydrogen) atoms. The lowest BCUT2D eigenvalue weighted by atomic mass is 10.1. The van der Waals surface area contributed by atoms with Crippen molar-refractivity contribution in [2.75, 3.05) is 12.8 Å². The highest BCUT2D eigenvalue weighted by molar-refractivity contribution is 7.09. The molecule has 0 aliphatic carbocycles. The van der Waals surface area contributed by atoms with Gasteiger partial charge >= 0.3 is 0 Å². The molecule has 1 unspecified atom stereocenters. The van der Waals surface area contributed by atoms with Crippen LogP contribution in [0.5, 0.6) is 0 Å². The van der Waals surface area contributed by atoms with Gasteiger partial charge in [0.2, 0.25) is 0 Å². The average Bonchev–Trinajstić information content (AvgIpc) is 2.93. The van der Waals surface area contributed by atoms with Crippen LogP contribution in [-0.4, -0.2) is 23.9 Å². The molecule has 0 bridgehead atoms. The van der Waals surface area contributed by atoms with E-state index in [1.165, 1.54) is 4.88 Å². The Balaban J connectivity index is 2.09. The van der Waals surface area contributed by atoms with Crippen LogP contribution in [0.3, 0.4) is 0 Å². The smallest absolute Gasteiger partial charge is 0.253 e. The Morgan fingerprint density at radius 1 is 1.45 bits per heavy atom. The van der Waals surface area contributed by atoms with E-state index in [4.69, 9.17) is 17.3 Å². The fraction of sp³-hybridized carbons (Fsp3) is 0.267. The number of halogens is 1. The third-order valence-electron chi connectivity index (χ3n) is 3.30. The lowest BCUT2D eigenvalue weighted by Crippen LogP contribution is -2.36. The van der Waals surface area contributed by atoms with Crippen molar-refractivity contribution in [3.05, 3.63) is 51.2 Å². The topological polar surface area (TPSA) is 46.3 Å². The largest absolute Gasteiger partial charge is 0.398 e. The summed E-state index contributed by atoms with van der Waals surface area (Å²) in [5.41, 5.74) is 6.73. The minimum absolute atomic E-state index is 0.0441. The minimum atomic E-state index is -0.0441. The van der Waals surface area contributed by atoms with E-state index in [0.29, 0.717) is 16.3 Å². The molecule has 0 fully saturated rings. The lowest BCUT2D eigenvalue weighted by molar-refractivity contribution is 0.0744. The first-order valence-electron chi connectivity index (χ1n) is 6.33. The van der Waals surface area contributed by atoms with Crippen LogP contribution in [0.4, 0.5) is 5.69 Å². The van der Waals surface area contributed by atoms with Gasteiger partial charge in [-0.15, -0.1) is 11.3 Å². The zero-order chi connectivity index (χ0) is 14.7. The molecule has 2 rings (SSSR count). The quantitative estimate of drug-likeness (QED) is 0.876. The van der Waals surface area contributed by atoms with Gasteiger partial charge in [-0.3, -0.25) is 4.79 Å². The lowest BCUT2D eigenvalue weighted by Gasteiger charge is -2.25. The Kier molecular flexibility index (Phi) is 4.68. The molecule has 2 N–H and O–H groups in total. The Labute approximate surface area is 128 Å². The van der Waals surface area contributed by atoms with Crippen LogP contribution in [0.15, 0.2) is 35.7 Å². The Bertz CT molecular complexity index is 598. The molecule has 1 amide bonds. The number of nitrogens with two attached hydrogens (primary N) is 1. The number of rotatable bonds is 4. The molecule has 1 atom stereocenters. The van der Waals surface area contributed by atoms with Gasteiger partial charge in [-0.2, -0.15) is 0 Å². The van der Waals surface area contributed by atoms with Crippen molar-refractivity contribution in [2.45, 2.75) is 19.4 Å². The van der Waals surface area contributed by atoms with Crippen molar-refractivity contribution in [2.24, 2.45) is 0 Å². The number of nitrogen functional groups attached to an aromatic ring is 1. The van der Waals surface area contributed by atoms with E-state index in [-0.39, 0.29) is 11.9 Å². The fourth-order valence-corrected chi connectivity index (χ4v) is 2.88. The summed E-state index contributed by atoms with van der Waals surface area (Å²) in [5, 5.41) is 2.51. The van der Waals surface area contributed by atoms with E-state index >= 15 is 0 Å². The van der Waals surface area contributed by atoms with Gasteiger partial charge in [0.05, 0.1) is 10.7 Å². The molecule has 0 aliphatic heterocycles. The van der Waals surface area contributed by atoms with Crippen molar-refractivity contribution < 1.29 is 4.79 Å². The Hall–Kier alpha value is -1.52. The van der Waals surface area contributed by atoms with Crippen LogP contribution >= 0.6 is 22.9 Å². The van der Waals surface area contributed by atoms with Crippen molar-refractivity contribution in [1.82, 2.24) is 4.90 Å². The number of hydrogen-bond donors (Lipinski definition) is 1. The van der Waals surface area contributed by atoms with Gasteiger partial charge in [0, 0.05) is 30.0 Å². The highest BCUT2D eigenvalue weighted by Crippen LogP contribution is 2.21. The van der Waals surface area contributed by atoms with E-state index in [0.717, 1.165) is 6.42 Å². The number of thiophene rings is 1. The maximum Gasteiger partial charge on any atom is 0.253 e.